The minimum Gasteiger partial charge on any atom is -0.381 e. The van der Waals surface area contributed by atoms with Gasteiger partial charge in [0, 0.05) is 38.2 Å². The summed E-state index contributed by atoms with van der Waals surface area (Å²) in [6.07, 6.45) is 9.10. The molecule has 3 heterocycles. The van der Waals surface area contributed by atoms with E-state index in [0.717, 1.165) is 68.9 Å². The SMILES string of the molecule is C=C1Nc2cc(NC(=O)[C@@H](NC(=O)c3ccnn3C)C(C3CCC3)C3(C)CC3)ccc2N1C1CCOCC1. The Bertz CT molecular complexity index is 1240. The lowest BCUT2D eigenvalue weighted by atomic mass is 9.66. The van der Waals surface area contributed by atoms with E-state index in [9.17, 15) is 9.59 Å². The lowest BCUT2D eigenvalue weighted by molar-refractivity contribution is -0.121. The normalized spacial score (nSPS) is 22.2. The third-order valence-electron chi connectivity index (χ3n) is 9.13. The molecule has 3 N–H and O–H groups in total. The number of nitrogens with one attached hydrogen (secondary N) is 3. The highest BCUT2D eigenvalue weighted by atomic mass is 16.5. The number of carbonyl (C=O) groups excluding carboxylic acids is 2. The molecular formula is C29H38N6O3. The molecule has 2 aromatic rings. The fourth-order valence-corrected chi connectivity index (χ4v) is 6.57. The predicted molar refractivity (Wildman–Crippen MR) is 147 cm³/mol. The van der Waals surface area contributed by atoms with Gasteiger partial charge in [0.2, 0.25) is 5.91 Å². The topological polar surface area (TPSA) is 101 Å². The maximum Gasteiger partial charge on any atom is 0.270 e. The van der Waals surface area contributed by atoms with E-state index in [1.165, 1.54) is 6.42 Å². The van der Waals surface area contributed by atoms with Crippen LogP contribution < -0.4 is 20.9 Å². The largest absolute Gasteiger partial charge is 0.381 e. The molecule has 9 heteroatoms. The third kappa shape index (κ3) is 4.57. The summed E-state index contributed by atoms with van der Waals surface area (Å²) in [5.41, 5.74) is 3.23. The summed E-state index contributed by atoms with van der Waals surface area (Å²) in [5.74, 6) is 0.970. The van der Waals surface area contributed by atoms with Gasteiger partial charge in [0.15, 0.2) is 0 Å². The minimum absolute atomic E-state index is 0.0777. The summed E-state index contributed by atoms with van der Waals surface area (Å²) < 4.78 is 7.09. The number of benzene rings is 1. The molecule has 202 valence electrons. The van der Waals surface area contributed by atoms with E-state index < -0.39 is 6.04 Å². The highest BCUT2D eigenvalue weighted by Gasteiger charge is 2.54. The number of amides is 2. The molecule has 1 aromatic carbocycles. The number of nitrogens with zero attached hydrogens (tertiary/aromatic N) is 3. The second-order valence-corrected chi connectivity index (χ2v) is 11.7. The molecule has 2 aliphatic heterocycles. The number of anilines is 3. The molecule has 1 aromatic heterocycles. The van der Waals surface area contributed by atoms with Gasteiger partial charge in [-0.1, -0.05) is 32.8 Å². The van der Waals surface area contributed by atoms with Gasteiger partial charge >= 0.3 is 0 Å². The fourth-order valence-electron chi connectivity index (χ4n) is 6.57. The van der Waals surface area contributed by atoms with E-state index in [4.69, 9.17) is 4.74 Å². The van der Waals surface area contributed by atoms with Crippen LogP contribution in [0, 0.1) is 17.3 Å². The maximum absolute atomic E-state index is 13.9. The first-order valence-electron chi connectivity index (χ1n) is 13.9. The lowest BCUT2D eigenvalue weighted by Gasteiger charge is -2.42. The maximum atomic E-state index is 13.9. The van der Waals surface area contributed by atoms with Gasteiger partial charge in [-0.25, -0.2) is 0 Å². The molecule has 4 aliphatic rings. The van der Waals surface area contributed by atoms with Gasteiger partial charge in [-0.05, 0) is 67.2 Å². The first-order chi connectivity index (χ1) is 18.3. The number of carbonyl (C=O) groups is 2. The number of fused-ring (bicyclic) bond motifs is 1. The van der Waals surface area contributed by atoms with Crippen molar-refractivity contribution in [2.45, 2.75) is 64.0 Å². The van der Waals surface area contributed by atoms with Crippen LogP contribution in [0.15, 0.2) is 42.9 Å². The van der Waals surface area contributed by atoms with Gasteiger partial charge in [0.25, 0.3) is 5.91 Å². The third-order valence-corrected chi connectivity index (χ3v) is 9.13. The first kappa shape index (κ1) is 25.0. The highest BCUT2D eigenvalue weighted by Crippen LogP contribution is 2.58. The van der Waals surface area contributed by atoms with E-state index in [2.05, 4.69) is 39.5 Å². The summed E-state index contributed by atoms with van der Waals surface area (Å²) >= 11 is 0. The Morgan fingerprint density at radius 3 is 2.58 bits per heavy atom. The Hall–Kier alpha value is -3.33. The smallest absolute Gasteiger partial charge is 0.270 e. The second-order valence-electron chi connectivity index (χ2n) is 11.7. The molecule has 38 heavy (non-hydrogen) atoms. The second kappa shape index (κ2) is 9.76. The summed E-state index contributed by atoms with van der Waals surface area (Å²) in [5, 5.41) is 13.8. The van der Waals surface area contributed by atoms with Gasteiger partial charge < -0.3 is 25.6 Å². The van der Waals surface area contributed by atoms with Crippen molar-refractivity contribution in [3.05, 3.63) is 48.6 Å². The van der Waals surface area contributed by atoms with E-state index in [1.54, 1.807) is 24.0 Å². The zero-order valence-electron chi connectivity index (χ0n) is 22.3. The van der Waals surface area contributed by atoms with E-state index in [1.807, 2.05) is 18.2 Å². The quantitative estimate of drug-likeness (QED) is 0.483. The van der Waals surface area contributed by atoms with Crippen molar-refractivity contribution in [3.8, 4) is 0 Å². The van der Waals surface area contributed by atoms with Crippen molar-refractivity contribution in [1.82, 2.24) is 15.1 Å². The van der Waals surface area contributed by atoms with Crippen LogP contribution in [0.2, 0.25) is 0 Å². The summed E-state index contributed by atoms with van der Waals surface area (Å²) in [6.45, 7) is 8.01. The molecule has 0 bridgehead atoms. The van der Waals surface area contributed by atoms with Crippen LogP contribution in [-0.4, -0.2) is 46.9 Å². The molecule has 1 saturated heterocycles. The van der Waals surface area contributed by atoms with Crippen molar-refractivity contribution in [2.24, 2.45) is 24.3 Å². The molecule has 2 atom stereocenters. The van der Waals surface area contributed by atoms with Crippen LogP contribution in [0.5, 0.6) is 0 Å². The molecule has 2 aliphatic carbocycles. The molecule has 2 saturated carbocycles. The summed E-state index contributed by atoms with van der Waals surface area (Å²) in [4.78, 5) is 29.4. The van der Waals surface area contributed by atoms with Gasteiger partial charge in [0.1, 0.15) is 17.6 Å². The summed E-state index contributed by atoms with van der Waals surface area (Å²) in [7, 11) is 1.74. The van der Waals surface area contributed by atoms with Crippen LogP contribution in [0.3, 0.4) is 0 Å². The Balaban J connectivity index is 1.24. The van der Waals surface area contributed by atoms with Crippen molar-refractivity contribution in [2.75, 3.05) is 28.7 Å². The number of hydrogen-bond acceptors (Lipinski definition) is 6. The van der Waals surface area contributed by atoms with Crippen LogP contribution >= 0.6 is 0 Å². The van der Waals surface area contributed by atoms with Gasteiger partial charge in [-0.15, -0.1) is 0 Å². The lowest BCUT2D eigenvalue weighted by Crippen LogP contribution is -2.54. The van der Waals surface area contributed by atoms with Crippen LogP contribution in [0.4, 0.5) is 17.1 Å². The monoisotopic (exact) mass is 518 g/mol. The van der Waals surface area contributed by atoms with E-state index in [-0.39, 0.29) is 23.1 Å². The number of aryl methyl sites for hydroxylation is 1. The Morgan fingerprint density at radius 1 is 1.18 bits per heavy atom. The van der Waals surface area contributed by atoms with Crippen LogP contribution in [-0.2, 0) is 16.6 Å². The highest BCUT2D eigenvalue weighted by molar-refractivity contribution is 6.01. The van der Waals surface area contributed by atoms with Crippen molar-refractivity contribution >= 4 is 28.9 Å². The minimum atomic E-state index is -0.620. The van der Waals surface area contributed by atoms with Crippen molar-refractivity contribution in [3.63, 3.8) is 0 Å². The van der Waals surface area contributed by atoms with Gasteiger partial charge in [0.05, 0.1) is 11.4 Å². The van der Waals surface area contributed by atoms with E-state index >= 15 is 0 Å². The number of ether oxygens (including phenoxy) is 1. The number of rotatable bonds is 8. The van der Waals surface area contributed by atoms with Crippen LogP contribution in [0.1, 0.15) is 62.4 Å². The number of hydrogen-bond donors (Lipinski definition) is 3. The van der Waals surface area contributed by atoms with Crippen molar-refractivity contribution < 1.29 is 14.3 Å². The molecular weight excluding hydrogens is 480 g/mol. The van der Waals surface area contributed by atoms with E-state index in [0.29, 0.717) is 23.3 Å². The number of aromatic nitrogens is 2. The first-order valence-corrected chi connectivity index (χ1v) is 13.9. The average Bonchev–Trinajstić information content (AvgIpc) is 3.31. The Morgan fingerprint density at radius 2 is 1.95 bits per heavy atom. The molecule has 9 nitrogen and oxygen atoms in total. The Labute approximate surface area is 224 Å². The summed E-state index contributed by atoms with van der Waals surface area (Å²) in [6, 6.07) is 7.37. The molecule has 2 amide bonds. The standard InChI is InChI=1S/C29H38N6O3/c1-18-31-22-17-20(7-8-23(22)35(18)21-10-15-38-16-11-21)32-28(37)26(33-27(36)24-9-14-30-34(24)3)25(19-5-4-6-19)29(2)12-13-29/h7-9,14,17,19,21,25-26,31H,1,4-6,10-13,15-16H2,2-3H3,(H,32,37)(H,33,36)/t25?,26-/m0/s1. The molecule has 0 spiro atoms. The molecule has 6 rings (SSSR count). The van der Waals surface area contributed by atoms with Crippen LogP contribution in [0.25, 0.3) is 0 Å². The Kier molecular flexibility index (Phi) is 6.42. The van der Waals surface area contributed by atoms with Gasteiger partial charge in [-0.2, -0.15) is 5.10 Å². The zero-order valence-corrected chi connectivity index (χ0v) is 22.3. The molecule has 1 unspecified atom stereocenters. The zero-order chi connectivity index (χ0) is 26.4. The average molecular weight is 519 g/mol. The molecule has 3 fully saturated rings. The predicted octanol–water partition coefficient (Wildman–Crippen LogP) is 4.26. The fraction of sp³-hybridized carbons (Fsp3) is 0.552. The van der Waals surface area contributed by atoms with Crippen molar-refractivity contribution in [1.29, 1.82) is 0 Å². The molecule has 0 radical (unpaired) electrons. The van der Waals surface area contributed by atoms with Gasteiger partial charge in [-0.3, -0.25) is 14.3 Å².